The maximum Gasteiger partial charge on any atom is 0.391 e. The third kappa shape index (κ3) is 8.11. The Morgan fingerprint density at radius 2 is 1.39 bits per heavy atom. The van der Waals surface area contributed by atoms with E-state index in [9.17, 15) is 22.8 Å². The quantitative estimate of drug-likeness (QED) is 0.319. The van der Waals surface area contributed by atoms with Gasteiger partial charge in [0.15, 0.2) is 11.4 Å². The van der Waals surface area contributed by atoms with Crippen molar-refractivity contribution < 1.29 is 32.2 Å². The zero-order chi connectivity index (χ0) is 25.2. The van der Waals surface area contributed by atoms with Crippen LogP contribution >= 0.6 is 0 Å². The number of hydrogen-bond donors (Lipinski definition) is 0. The predicted octanol–water partition coefficient (Wildman–Crippen LogP) is 6.67. The minimum Gasteiger partial charge on any atom is -0.458 e. The highest BCUT2D eigenvalue weighted by molar-refractivity contribution is 5.91. The number of halogens is 3. The first-order chi connectivity index (χ1) is 15.0. The molecule has 0 aromatic rings. The van der Waals surface area contributed by atoms with E-state index in [0.29, 0.717) is 12.8 Å². The van der Waals surface area contributed by atoms with Crippen molar-refractivity contribution in [3.8, 4) is 0 Å². The number of esters is 1. The topological polar surface area (TPSA) is 52.6 Å². The molecule has 0 amide bonds. The van der Waals surface area contributed by atoms with Crippen LogP contribution in [0.4, 0.5) is 13.2 Å². The van der Waals surface area contributed by atoms with Gasteiger partial charge in [0.25, 0.3) is 0 Å². The van der Waals surface area contributed by atoms with Crippen LogP contribution < -0.4 is 0 Å². The Morgan fingerprint density at radius 3 is 1.85 bits per heavy atom. The van der Waals surface area contributed by atoms with E-state index in [4.69, 9.17) is 9.47 Å². The Bertz CT molecular complexity index is 700. The number of ketones is 1. The van der Waals surface area contributed by atoms with E-state index in [1.807, 2.05) is 26.8 Å². The zero-order valence-electron chi connectivity index (χ0n) is 21.1. The smallest absolute Gasteiger partial charge is 0.391 e. The zero-order valence-corrected chi connectivity index (χ0v) is 21.1. The van der Waals surface area contributed by atoms with Gasteiger partial charge in [-0.2, -0.15) is 13.2 Å². The van der Waals surface area contributed by atoms with Gasteiger partial charge in [-0.1, -0.05) is 19.9 Å². The summed E-state index contributed by atoms with van der Waals surface area (Å²) in [7, 11) is 0. The highest BCUT2D eigenvalue weighted by Gasteiger charge is 2.43. The van der Waals surface area contributed by atoms with E-state index in [2.05, 4.69) is 13.8 Å². The molecular formula is C26H41F3O4. The molecule has 0 aromatic carbocycles. The van der Waals surface area contributed by atoms with Crippen molar-refractivity contribution in [3.63, 3.8) is 0 Å². The van der Waals surface area contributed by atoms with Crippen molar-refractivity contribution >= 4 is 11.8 Å². The van der Waals surface area contributed by atoms with Crippen LogP contribution in [0.25, 0.3) is 0 Å². The number of carbonyl (C=O) groups is 2. The van der Waals surface area contributed by atoms with E-state index in [1.165, 1.54) is 0 Å². The van der Waals surface area contributed by atoms with Gasteiger partial charge in [0.1, 0.15) is 5.60 Å². The molecule has 0 N–H and O–H groups in total. The third-order valence-electron chi connectivity index (χ3n) is 6.92. The van der Waals surface area contributed by atoms with E-state index in [0.717, 1.165) is 12.8 Å². The summed E-state index contributed by atoms with van der Waals surface area (Å²) in [4.78, 5) is 25.1. The number of rotatable bonds is 6. The van der Waals surface area contributed by atoms with Crippen LogP contribution in [0.2, 0.25) is 0 Å². The average Bonchev–Trinajstić information content (AvgIpc) is 2.67. The van der Waals surface area contributed by atoms with Gasteiger partial charge in [0.05, 0.1) is 12.0 Å². The molecule has 0 bridgehead atoms. The summed E-state index contributed by atoms with van der Waals surface area (Å²) in [5.41, 5.74) is -1.65. The number of ether oxygens (including phenoxy) is 2. The fourth-order valence-electron chi connectivity index (χ4n) is 5.13. The summed E-state index contributed by atoms with van der Waals surface area (Å²) >= 11 is 0. The maximum absolute atomic E-state index is 12.9. The van der Waals surface area contributed by atoms with Crippen molar-refractivity contribution in [1.82, 2.24) is 0 Å². The van der Waals surface area contributed by atoms with Crippen LogP contribution in [0.1, 0.15) is 87.0 Å². The predicted molar refractivity (Wildman–Crippen MR) is 121 cm³/mol. The highest BCUT2D eigenvalue weighted by atomic mass is 19.4. The summed E-state index contributed by atoms with van der Waals surface area (Å²) in [6, 6.07) is 0. The standard InChI is InChI=1S/C26H41F3O4/c1-16-14-18(8-13-21(30)19-9-11-20(12-10-19)26(27,28)29)15-17(2)22(16)32-25(6,7)23(31)33-24(3,4)5/h8,13,16-20,22H,9-12,14-15H2,1-7H3/b13-8+. The first-order valence-electron chi connectivity index (χ1n) is 12.2. The molecule has 0 saturated heterocycles. The molecule has 0 radical (unpaired) electrons. The second kappa shape index (κ2) is 10.5. The van der Waals surface area contributed by atoms with Gasteiger partial charge in [0, 0.05) is 5.92 Å². The molecule has 2 unspecified atom stereocenters. The van der Waals surface area contributed by atoms with Crippen LogP contribution in [0, 0.1) is 29.6 Å². The highest BCUT2D eigenvalue weighted by Crippen LogP contribution is 2.41. The minimum atomic E-state index is -4.16. The van der Waals surface area contributed by atoms with Crippen molar-refractivity contribution in [3.05, 3.63) is 12.2 Å². The Balaban J connectivity index is 1.90. The average molecular weight is 475 g/mol. The molecule has 0 heterocycles. The molecule has 33 heavy (non-hydrogen) atoms. The van der Waals surface area contributed by atoms with Gasteiger partial charge in [-0.05, 0) is 97.0 Å². The van der Waals surface area contributed by atoms with E-state index in [1.54, 1.807) is 19.9 Å². The lowest BCUT2D eigenvalue weighted by atomic mass is 9.73. The summed E-state index contributed by atoms with van der Waals surface area (Å²) in [6.45, 7) is 13.1. The lowest BCUT2D eigenvalue weighted by Gasteiger charge is -2.42. The molecule has 2 saturated carbocycles. The first kappa shape index (κ1) is 27.9. The molecular weight excluding hydrogens is 433 g/mol. The molecule has 2 fully saturated rings. The maximum atomic E-state index is 12.9. The largest absolute Gasteiger partial charge is 0.458 e. The normalized spacial score (nSPS) is 32.1. The fraction of sp³-hybridized carbons (Fsp3) is 0.846. The number of hydrogen-bond acceptors (Lipinski definition) is 4. The Kier molecular flexibility index (Phi) is 8.86. The molecule has 4 nitrogen and oxygen atoms in total. The second-order valence-electron chi connectivity index (χ2n) is 11.6. The van der Waals surface area contributed by atoms with Crippen molar-refractivity contribution in [2.45, 2.75) is 110 Å². The van der Waals surface area contributed by atoms with Crippen molar-refractivity contribution in [1.29, 1.82) is 0 Å². The van der Waals surface area contributed by atoms with Gasteiger partial charge >= 0.3 is 12.1 Å². The van der Waals surface area contributed by atoms with Gasteiger partial charge in [0.2, 0.25) is 0 Å². The molecule has 2 aliphatic rings. The number of carbonyl (C=O) groups excluding carboxylic acids is 2. The van der Waals surface area contributed by atoms with Gasteiger partial charge < -0.3 is 9.47 Å². The van der Waals surface area contributed by atoms with Crippen LogP contribution in [-0.2, 0) is 19.1 Å². The Hall–Kier alpha value is -1.37. The lowest BCUT2D eigenvalue weighted by molar-refractivity contribution is -0.195. The van der Waals surface area contributed by atoms with Gasteiger partial charge in [-0.3, -0.25) is 4.79 Å². The summed E-state index contributed by atoms with van der Waals surface area (Å²) in [5.74, 6) is -1.45. The SMILES string of the molecule is CC1CC(/C=C/C(=O)C2CCC(C(F)(F)F)CC2)CC(C)C1OC(C)(C)C(=O)OC(C)(C)C. The summed E-state index contributed by atoms with van der Waals surface area (Å²) in [5, 5.41) is 0. The molecule has 0 spiro atoms. The van der Waals surface area contributed by atoms with Crippen LogP contribution in [0.5, 0.6) is 0 Å². The Labute approximate surface area is 196 Å². The fourth-order valence-corrected chi connectivity index (χ4v) is 5.13. The molecule has 2 aliphatic carbocycles. The summed E-state index contributed by atoms with van der Waals surface area (Å²) in [6.07, 6.45) is 1.60. The Morgan fingerprint density at radius 1 is 0.879 bits per heavy atom. The number of alkyl halides is 3. The molecule has 7 heteroatoms. The van der Waals surface area contributed by atoms with Gasteiger partial charge in [-0.25, -0.2) is 4.79 Å². The first-order valence-corrected chi connectivity index (χ1v) is 12.2. The third-order valence-corrected chi connectivity index (χ3v) is 6.92. The van der Waals surface area contributed by atoms with Crippen molar-refractivity contribution in [2.24, 2.45) is 29.6 Å². The van der Waals surface area contributed by atoms with E-state index in [-0.39, 0.29) is 54.4 Å². The monoisotopic (exact) mass is 474 g/mol. The van der Waals surface area contributed by atoms with E-state index >= 15 is 0 Å². The second-order valence-corrected chi connectivity index (χ2v) is 11.6. The van der Waals surface area contributed by atoms with Crippen LogP contribution in [-0.4, -0.2) is 35.2 Å². The molecule has 190 valence electrons. The van der Waals surface area contributed by atoms with Crippen LogP contribution in [0.15, 0.2) is 12.2 Å². The van der Waals surface area contributed by atoms with Crippen LogP contribution in [0.3, 0.4) is 0 Å². The molecule has 0 aromatic heterocycles. The van der Waals surface area contributed by atoms with Gasteiger partial charge in [-0.15, -0.1) is 0 Å². The lowest BCUT2D eigenvalue weighted by Crippen LogP contribution is -2.47. The number of allylic oxidation sites excluding steroid dienone is 2. The molecule has 0 aliphatic heterocycles. The summed E-state index contributed by atoms with van der Waals surface area (Å²) < 4.78 is 50.3. The van der Waals surface area contributed by atoms with Crippen molar-refractivity contribution in [2.75, 3.05) is 0 Å². The molecule has 2 atom stereocenters. The van der Waals surface area contributed by atoms with E-state index < -0.39 is 23.3 Å². The minimum absolute atomic E-state index is 0.0394. The molecule has 2 rings (SSSR count).